The predicted octanol–water partition coefficient (Wildman–Crippen LogP) is 2.45. The average Bonchev–Trinajstić information content (AvgIpc) is 3.23. The molecule has 0 spiro atoms. The van der Waals surface area contributed by atoms with E-state index in [0.29, 0.717) is 25.6 Å². The van der Waals surface area contributed by atoms with Crippen LogP contribution in [0.4, 0.5) is 4.39 Å². The first-order valence-electron chi connectivity index (χ1n) is 9.09. The van der Waals surface area contributed by atoms with E-state index in [1.807, 2.05) is 12.1 Å². The molecule has 2 heterocycles. The molecule has 0 bridgehead atoms. The minimum Gasteiger partial charge on any atom is -0.385 e. The molecular weight excluding hydrogens is 369 g/mol. The average molecular weight is 396 g/mol. The van der Waals surface area contributed by atoms with Gasteiger partial charge in [-0.2, -0.15) is 0 Å². The monoisotopic (exact) mass is 395 g/mol. The van der Waals surface area contributed by atoms with Crippen molar-refractivity contribution in [2.24, 2.45) is 0 Å². The summed E-state index contributed by atoms with van der Waals surface area (Å²) in [6.45, 7) is 3.55. The summed E-state index contributed by atoms with van der Waals surface area (Å²) in [5.41, 5.74) is 2.04. The van der Waals surface area contributed by atoms with E-state index in [1.54, 1.807) is 17.9 Å². The molecule has 0 amide bonds. The van der Waals surface area contributed by atoms with Gasteiger partial charge in [0, 0.05) is 39.6 Å². The number of aromatic nitrogens is 2. The number of benzene rings is 1. The molecule has 1 aliphatic rings. The lowest BCUT2D eigenvalue weighted by molar-refractivity contribution is 0.188. The molecule has 0 aliphatic carbocycles. The Hall–Kier alpha value is -1.77. The Kier molecular flexibility index (Phi) is 6.29. The molecular formula is C19H26FN3O3S. The Morgan fingerprint density at radius 1 is 1.30 bits per heavy atom. The van der Waals surface area contributed by atoms with Crippen molar-refractivity contribution in [3.05, 3.63) is 47.5 Å². The number of nitrogens with zero attached hydrogens (tertiary/aromatic N) is 3. The highest BCUT2D eigenvalue weighted by atomic mass is 32.2. The topological polar surface area (TPSA) is 64.4 Å². The Bertz CT molecular complexity index is 865. The third kappa shape index (κ3) is 4.94. The van der Waals surface area contributed by atoms with Crippen molar-refractivity contribution in [1.29, 1.82) is 0 Å². The summed E-state index contributed by atoms with van der Waals surface area (Å²) in [4.78, 5) is 6.46. The van der Waals surface area contributed by atoms with Crippen LogP contribution in [0.3, 0.4) is 0 Å². The summed E-state index contributed by atoms with van der Waals surface area (Å²) >= 11 is 0. The lowest BCUT2D eigenvalue weighted by Crippen LogP contribution is -2.23. The number of imidazole rings is 1. The van der Waals surface area contributed by atoms with Crippen LogP contribution in [0.2, 0.25) is 0 Å². The largest absolute Gasteiger partial charge is 0.385 e. The third-order valence-corrected chi connectivity index (χ3v) is 5.95. The van der Waals surface area contributed by atoms with Crippen molar-refractivity contribution in [1.82, 2.24) is 14.5 Å². The molecule has 1 fully saturated rings. The number of hydrogen-bond donors (Lipinski definition) is 0. The zero-order valence-electron chi connectivity index (χ0n) is 15.8. The van der Waals surface area contributed by atoms with E-state index in [2.05, 4.69) is 9.88 Å². The summed E-state index contributed by atoms with van der Waals surface area (Å²) in [5, 5.41) is 0.114. The van der Waals surface area contributed by atoms with Crippen molar-refractivity contribution in [2.75, 3.05) is 33.1 Å². The van der Waals surface area contributed by atoms with Crippen LogP contribution >= 0.6 is 0 Å². The second kappa shape index (κ2) is 8.50. The highest BCUT2D eigenvalue weighted by Gasteiger charge is 2.26. The maximum Gasteiger partial charge on any atom is 0.227 e. The molecule has 27 heavy (non-hydrogen) atoms. The van der Waals surface area contributed by atoms with Gasteiger partial charge in [-0.1, -0.05) is 12.1 Å². The summed E-state index contributed by atoms with van der Waals surface area (Å²) < 4.78 is 44.1. The maximum atomic E-state index is 13.1. The number of likely N-dealkylation sites (tertiary alicyclic amines) is 1. The molecule has 1 saturated heterocycles. The third-order valence-electron chi connectivity index (χ3n) is 4.96. The summed E-state index contributed by atoms with van der Waals surface area (Å²) in [6.07, 6.45) is 4.57. The van der Waals surface area contributed by atoms with Crippen molar-refractivity contribution in [2.45, 2.75) is 37.0 Å². The fourth-order valence-electron chi connectivity index (χ4n) is 3.63. The van der Waals surface area contributed by atoms with E-state index in [-0.39, 0.29) is 11.0 Å². The first-order valence-corrected chi connectivity index (χ1v) is 11.0. The van der Waals surface area contributed by atoms with E-state index in [9.17, 15) is 12.8 Å². The van der Waals surface area contributed by atoms with E-state index in [1.165, 1.54) is 18.4 Å². The molecule has 2 aromatic rings. The van der Waals surface area contributed by atoms with Gasteiger partial charge in [0.05, 0.1) is 11.9 Å². The Labute approximate surface area is 159 Å². The van der Waals surface area contributed by atoms with Crippen LogP contribution in [0.1, 0.15) is 30.0 Å². The van der Waals surface area contributed by atoms with Crippen LogP contribution in [0, 0.1) is 5.82 Å². The van der Waals surface area contributed by atoms with Gasteiger partial charge in [0.15, 0.2) is 0 Å². The van der Waals surface area contributed by atoms with Gasteiger partial charge in [-0.25, -0.2) is 17.8 Å². The predicted molar refractivity (Wildman–Crippen MR) is 101 cm³/mol. The van der Waals surface area contributed by atoms with Gasteiger partial charge in [-0.15, -0.1) is 0 Å². The van der Waals surface area contributed by atoms with Gasteiger partial charge in [-0.05, 0) is 43.0 Å². The van der Waals surface area contributed by atoms with Gasteiger partial charge in [-0.3, -0.25) is 4.90 Å². The first kappa shape index (κ1) is 20.0. The fraction of sp³-hybridized carbons (Fsp3) is 0.526. The van der Waals surface area contributed by atoms with Crippen molar-refractivity contribution < 1.29 is 17.5 Å². The fourth-order valence-corrected chi connectivity index (χ4v) is 4.49. The number of rotatable bonds is 8. The highest BCUT2D eigenvalue weighted by Crippen LogP contribution is 2.28. The Balaban J connectivity index is 1.71. The van der Waals surface area contributed by atoms with Gasteiger partial charge >= 0.3 is 0 Å². The Morgan fingerprint density at radius 3 is 2.70 bits per heavy atom. The molecule has 6 nitrogen and oxygen atoms in total. The molecule has 1 aromatic carbocycles. The molecule has 0 radical (unpaired) electrons. The lowest BCUT2D eigenvalue weighted by atomic mass is 9.99. The van der Waals surface area contributed by atoms with Crippen LogP contribution in [0.5, 0.6) is 0 Å². The zero-order chi connectivity index (χ0) is 19.4. The van der Waals surface area contributed by atoms with Gasteiger partial charge in [0.1, 0.15) is 5.82 Å². The molecule has 3 rings (SSSR count). The summed E-state index contributed by atoms with van der Waals surface area (Å²) in [7, 11) is -1.75. The minimum absolute atomic E-state index is 0.114. The van der Waals surface area contributed by atoms with Crippen molar-refractivity contribution >= 4 is 9.84 Å². The van der Waals surface area contributed by atoms with E-state index >= 15 is 0 Å². The summed E-state index contributed by atoms with van der Waals surface area (Å²) in [5.74, 6) is 0.145. The SMILES string of the molecule is COCCCn1c(CN2CCC(c3ccc(F)cc3)C2)cnc1S(C)(=O)=O. The molecule has 0 N–H and O–H groups in total. The van der Waals surface area contributed by atoms with Crippen LogP contribution in [-0.4, -0.2) is 55.9 Å². The zero-order valence-corrected chi connectivity index (χ0v) is 16.6. The normalized spacial score (nSPS) is 18.3. The van der Waals surface area contributed by atoms with Crippen molar-refractivity contribution in [3.8, 4) is 0 Å². The molecule has 0 saturated carbocycles. The lowest BCUT2D eigenvalue weighted by Gasteiger charge is -2.18. The van der Waals surface area contributed by atoms with E-state index < -0.39 is 9.84 Å². The molecule has 1 aliphatic heterocycles. The van der Waals surface area contributed by atoms with Crippen LogP contribution in [-0.2, 0) is 27.7 Å². The number of ether oxygens (including phenoxy) is 1. The van der Waals surface area contributed by atoms with Crippen molar-refractivity contribution in [3.63, 3.8) is 0 Å². The summed E-state index contributed by atoms with van der Waals surface area (Å²) in [6, 6.07) is 6.70. The quantitative estimate of drug-likeness (QED) is 0.643. The second-order valence-electron chi connectivity index (χ2n) is 7.07. The van der Waals surface area contributed by atoms with Gasteiger partial charge < -0.3 is 9.30 Å². The maximum absolute atomic E-state index is 13.1. The second-order valence-corrected chi connectivity index (χ2v) is 8.98. The Morgan fingerprint density at radius 2 is 2.04 bits per heavy atom. The number of halogens is 1. The molecule has 8 heteroatoms. The number of sulfone groups is 1. The molecule has 148 valence electrons. The molecule has 1 unspecified atom stereocenters. The smallest absolute Gasteiger partial charge is 0.227 e. The molecule has 1 aromatic heterocycles. The van der Waals surface area contributed by atoms with Crippen LogP contribution < -0.4 is 0 Å². The highest BCUT2D eigenvalue weighted by molar-refractivity contribution is 7.90. The van der Waals surface area contributed by atoms with E-state index in [4.69, 9.17) is 4.74 Å². The standard InChI is InChI=1S/C19H26FN3O3S/c1-26-11-3-9-23-18(12-21-19(23)27(2,24)25)14-22-10-8-16(13-22)15-4-6-17(20)7-5-15/h4-7,12,16H,3,8-11,13-14H2,1-2H3. The first-order chi connectivity index (χ1) is 12.9. The number of hydrogen-bond acceptors (Lipinski definition) is 5. The minimum atomic E-state index is -3.38. The van der Waals surface area contributed by atoms with Crippen LogP contribution in [0.15, 0.2) is 35.6 Å². The van der Waals surface area contributed by atoms with E-state index in [0.717, 1.165) is 37.2 Å². The number of methoxy groups -OCH3 is 1. The van der Waals surface area contributed by atoms with Gasteiger partial charge in [0.2, 0.25) is 15.0 Å². The van der Waals surface area contributed by atoms with Crippen LogP contribution in [0.25, 0.3) is 0 Å². The van der Waals surface area contributed by atoms with Gasteiger partial charge in [0.25, 0.3) is 0 Å². The molecule has 1 atom stereocenters.